The Hall–Kier alpha value is -2.35. The summed E-state index contributed by atoms with van der Waals surface area (Å²) in [5, 5.41) is 9.15. The number of aliphatic carboxylic acids is 1. The standard InChI is InChI=1S/C14H14N2O3/c1-2-10-6-7-11(15-9-10)13(17)16-8-4-3-5-12(16)14(18)19/h1,6-7,9,12H,3-5,8H2,(H,18,19). The van der Waals surface area contributed by atoms with E-state index in [-0.39, 0.29) is 11.6 Å². The third-order valence-corrected chi connectivity index (χ3v) is 3.20. The van der Waals surface area contributed by atoms with Crippen LogP contribution in [-0.2, 0) is 4.79 Å². The predicted octanol–water partition coefficient (Wildman–Crippen LogP) is 1.14. The molecule has 0 radical (unpaired) electrons. The first-order valence-electron chi connectivity index (χ1n) is 6.10. The summed E-state index contributed by atoms with van der Waals surface area (Å²) in [5.41, 5.74) is 0.817. The number of carbonyl (C=O) groups is 2. The molecular formula is C14H14N2O3. The average molecular weight is 258 g/mol. The summed E-state index contributed by atoms with van der Waals surface area (Å²) in [7, 11) is 0. The highest BCUT2D eigenvalue weighted by molar-refractivity contribution is 5.95. The second-order valence-corrected chi connectivity index (χ2v) is 4.42. The van der Waals surface area contributed by atoms with Crippen molar-refractivity contribution in [3.8, 4) is 12.3 Å². The highest BCUT2D eigenvalue weighted by Crippen LogP contribution is 2.19. The van der Waals surface area contributed by atoms with E-state index in [1.807, 2.05) is 0 Å². The fourth-order valence-corrected chi connectivity index (χ4v) is 2.18. The van der Waals surface area contributed by atoms with Gasteiger partial charge in [-0.1, -0.05) is 5.92 Å². The van der Waals surface area contributed by atoms with Crippen molar-refractivity contribution < 1.29 is 14.7 Å². The van der Waals surface area contributed by atoms with Crippen LogP contribution < -0.4 is 0 Å². The zero-order valence-electron chi connectivity index (χ0n) is 10.4. The van der Waals surface area contributed by atoms with E-state index in [1.165, 1.54) is 17.2 Å². The zero-order valence-corrected chi connectivity index (χ0v) is 10.4. The molecule has 1 fully saturated rings. The van der Waals surface area contributed by atoms with Gasteiger partial charge in [0.1, 0.15) is 11.7 Å². The number of nitrogens with zero attached hydrogens (tertiary/aromatic N) is 2. The van der Waals surface area contributed by atoms with E-state index in [0.717, 1.165) is 12.8 Å². The lowest BCUT2D eigenvalue weighted by Crippen LogP contribution is -2.48. The maximum atomic E-state index is 12.3. The third-order valence-electron chi connectivity index (χ3n) is 3.20. The number of carboxylic acids is 1. The molecule has 19 heavy (non-hydrogen) atoms. The van der Waals surface area contributed by atoms with E-state index in [4.69, 9.17) is 11.5 Å². The topological polar surface area (TPSA) is 70.5 Å². The Morgan fingerprint density at radius 2 is 2.21 bits per heavy atom. The van der Waals surface area contributed by atoms with Crippen LogP contribution in [0, 0.1) is 12.3 Å². The van der Waals surface area contributed by atoms with Gasteiger partial charge in [0.2, 0.25) is 0 Å². The van der Waals surface area contributed by atoms with Crippen LogP contribution in [0.2, 0.25) is 0 Å². The van der Waals surface area contributed by atoms with Gasteiger partial charge in [-0.05, 0) is 31.4 Å². The lowest BCUT2D eigenvalue weighted by atomic mass is 10.0. The lowest BCUT2D eigenvalue weighted by molar-refractivity contribution is -0.143. The van der Waals surface area contributed by atoms with Crippen molar-refractivity contribution in [1.82, 2.24) is 9.88 Å². The van der Waals surface area contributed by atoms with Crippen molar-refractivity contribution in [2.24, 2.45) is 0 Å². The van der Waals surface area contributed by atoms with Crippen LogP contribution in [0.3, 0.4) is 0 Å². The van der Waals surface area contributed by atoms with Gasteiger partial charge >= 0.3 is 5.97 Å². The number of aromatic nitrogens is 1. The number of amides is 1. The predicted molar refractivity (Wildman–Crippen MR) is 68.5 cm³/mol. The highest BCUT2D eigenvalue weighted by Gasteiger charge is 2.32. The van der Waals surface area contributed by atoms with Gasteiger partial charge < -0.3 is 10.0 Å². The molecule has 5 heteroatoms. The van der Waals surface area contributed by atoms with Crippen molar-refractivity contribution >= 4 is 11.9 Å². The second kappa shape index (κ2) is 5.53. The molecular weight excluding hydrogens is 244 g/mol. The van der Waals surface area contributed by atoms with Crippen LogP contribution >= 0.6 is 0 Å². The number of hydrogen-bond donors (Lipinski definition) is 1. The number of piperidine rings is 1. The second-order valence-electron chi connectivity index (χ2n) is 4.42. The van der Waals surface area contributed by atoms with E-state index in [2.05, 4.69) is 10.9 Å². The Balaban J connectivity index is 2.21. The van der Waals surface area contributed by atoms with E-state index in [0.29, 0.717) is 18.5 Å². The van der Waals surface area contributed by atoms with Gasteiger partial charge in [-0.25, -0.2) is 9.78 Å². The number of hydrogen-bond acceptors (Lipinski definition) is 3. The summed E-state index contributed by atoms with van der Waals surface area (Å²) < 4.78 is 0. The first-order valence-corrected chi connectivity index (χ1v) is 6.10. The quantitative estimate of drug-likeness (QED) is 0.808. The SMILES string of the molecule is C#Cc1ccc(C(=O)N2CCCCC2C(=O)O)nc1. The molecule has 0 aliphatic carbocycles. The van der Waals surface area contributed by atoms with Crippen LogP contribution in [0.15, 0.2) is 18.3 Å². The third kappa shape index (κ3) is 2.74. The highest BCUT2D eigenvalue weighted by atomic mass is 16.4. The maximum absolute atomic E-state index is 12.3. The Kier molecular flexibility index (Phi) is 3.81. The molecule has 98 valence electrons. The van der Waals surface area contributed by atoms with Crippen LogP contribution in [0.25, 0.3) is 0 Å². The summed E-state index contributed by atoms with van der Waals surface area (Å²) in [6, 6.07) is 2.40. The zero-order chi connectivity index (χ0) is 13.8. The van der Waals surface area contributed by atoms with E-state index >= 15 is 0 Å². The molecule has 1 saturated heterocycles. The van der Waals surface area contributed by atoms with Gasteiger partial charge in [-0.3, -0.25) is 4.79 Å². The smallest absolute Gasteiger partial charge is 0.326 e. The van der Waals surface area contributed by atoms with Gasteiger partial charge in [0, 0.05) is 18.3 Å². The molecule has 0 aromatic carbocycles. The summed E-state index contributed by atoms with van der Waals surface area (Å²) >= 11 is 0. The monoisotopic (exact) mass is 258 g/mol. The lowest BCUT2D eigenvalue weighted by Gasteiger charge is -2.32. The Labute approximate surface area is 111 Å². The minimum atomic E-state index is -0.965. The normalized spacial score (nSPS) is 18.7. The van der Waals surface area contributed by atoms with Crippen LogP contribution in [0.4, 0.5) is 0 Å². The number of pyridine rings is 1. The fraction of sp³-hybridized carbons (Fsp3) is 0.357. The molecule has 1 unspecified atom stereocenters. The molecule has 1 aromatic rings. The van der Waals surface area contributed by atoms with Crippen molar-refractivity contribution in [2.45, 2.75) is 25.3 Å². The number of likely N-dealkylation sites (tertiary alicyclic amines) is 1. The van der Waals surface area contributed by atoms with E-state index in [1.54, 1.807) is 6.07 Å². The molecule has 1 aliphatic heterocycles. The summed E-state index contributed by atoms with van der Waals surface area (Å²) in [4.78, 5) is 28.8. The minimum absolute atomic E-state index is 0.229. The van der Waals surface area contributed by atoms with Crippen molar-refractivity contribution in [2.75, 3.05) is 6.54 Å². The largest absolute Gasteiger partial charge is 0.480 e. The van der Waals surface area contributed by atoms with Crippen LogP contribution in [0.5, 0.6) is 0 Å². The number of rotatable bonds is 2. The molecule has 1 aliphatic rings. The number of terminal acetylenes is 1. The molecule has 0 bridgehead atoms. The molecule has 5 nitrogen and oxygen atoms in total. The van der Waals surface area contributed by atoms with Crippen molar-refractivity contribution in [1.29, 1.82) is 0 Å². The van der Waals surface area contributed by atoms with Gasteiger partial charge in [0.25, 0.3) is 5.91 Å². The molecule has 1 aromatic heterocycles. The van der Waals surface area contributed by atoms with Crippen LogP contribution in [0.1, 0.15) is 35.3 Å². The minimum Gasteiger partial charge on any atom is -0.480 e. The Bertz CT molecular complexity index is 531. The van der Waals surface area contributed by atoms with Crippen molar-refractivity contribution in [3.63, 3.8) is 0 Å². The molecule has 1 N–H and O–H groups in total. The summed E-state index contributed by atoms with van der Waals surface area (Å²) in [5.74, 6) is 1.10. The van der Waals surface area contributed by atoms with Gasteiger partial charge in [0.05, 0.1) is 0 Å². The molecule has 1 amide bonds. The van der Waals surface area contributed by atoms with Crippen molar-refractivity contribution in [3.05, 3.63) is 29.6 Å². The van der Waals surface area contributed by atoms with Gasteiger partial charge in [0.15, 0.2) is 0 Å². The summed E-state index contributed by atoms with van der Waals surface area (Å²) in [6.07, 6.45) is 8.79. The first kappa shape index (κ1) is 13.1. The molecule has 1 atom stereocenters. The molecule has 0 spiro atoms. The maximum Gasteiger partial charge on any atom is 0.326 e. The average Bonchev–Trinajstić information content (AvgIpc) is 2.46. The van der Waals surface area contributed by atoms with E-state index < -0.39 is 12.0 Å². The molecule has 0 saturated carbocycles. The molecule has 2 heterocycles. The first-order chi connectivity index (χ1) is 9.13. The summed E-state index contributed by atoms with van der Waals surface area (Å²) in [6.45, 7) is 0.453. The number of carboxylic acid groups (broad SMARTS) is 1. The fourth-order valence-electron chi connectivity index (χ4n) is 2.18. The molecule has 2 rings (SSSR count). The number of carbonyl (C=O) groups excluding carboxylic acids is 1. The van der Waals surface area contributed by atoms with Crippen LogP contribution in [-0.4, -0.2) is 39.5 Å². The van der Waals surface area contributed by atoms with Gasteiger partial charge in [-0.15, -0.1) is 6.42 Å². The Morgan fingerprint density at radius 3 is 2.79 bits per heavy atom. The van der Waals surface area contributed by atoms with Gasteiger partial charge in [-0.2, -0.15) is 0 Å². The Morgan fingerprint density at radius 1 is 1.42 bits per heavy atom. The van der Waals surface area contributed by atoms with E-state index in [9.17, 15) is 9.59 Å².